The van der Waals surface area contributed by atoms with Crippen molar-refractivity contribution in [2.75, 3.05) is 6.54 Å². The molecule has 26 heavy (non-hydrogen) atoms. The van der Waals surface area contributed by atoms with Gasteiger partial charge in [0.2, 0.25) is 0 Å². The van der Waals surface area contributed by atoms with Gasteiger partial charge in [0.05, 0.1) is 0 Å². The zero-order valence-corrected chi connectivity index (χ0v) is 15.3. The minimum atomic E-state index is -0.617. The number of hydrogen-bond acceptors (Lipinski definition) is 4. The Kier molecular flexibility index (Phi) is 5.97. The number of amides is 1. The van der Waals surface area contributed by atoms with Crippen LogP contribution in [0.15, 0.2) is 42.5 Å². The molecular formula is C20H22FNO4. The second kappa shape index (κ2) is 7.99. The molecule has 0 aliphatic carbocycles. The molecule has 0 spiro atoms. The zero-order valence-electron chi connectivity index (χ0n) is 15.3. The van der Waals surface area contributed by atoms with E-state index in [4.69, 9.17) is 9.47 Å². The summed E-state index contributed by atoms with van der Waals surface area (Å²) in [7, 11) is 0. The zero-order chi connectivity index (χ0) is 19.3. The van der Waals surface area contributed by atoms with E-state index in [0.717, 1.165) is 5.56 Å². The normalized spacial score (nSPS) is 11.0. The molecule has 0 fully saturated rings. The molecule has 5 nitrogen and oxygen atoms in total. The number of esters is 1. The molecule has 0 radical (unpaired) electrons. The van der Waals surface area contributed by atoms with E-state index >= 15 is 0 Å². The van der Waals surface area contributed by atoms with Gasteiger partial charge in [-0.1, -0.05) is 12.1 Å². The number of halogens is 1. The lowest BCUT2D eigenvalue weighted by atomic mass is 10.2. The predicted molar refractivity (Wildman–Crippen MR) is 95.8 cm³/mol. The molecule has 0 heterocycles. The minimum absolute atomic E-state index is 0.0712. The SMILES string of the molecule is Cc1ccc(Oc2cccc(C(=O)NCC(=O)OC(C)(C)C)c2)c(F)c1. The number of hydrogen-bond donors (Lipinski definition) is 1. The van der Waals surface area contributed by atoms with Gasteiger partial charge >= 0.3 is 5.97 Å². The lowest BCUT2D eigenvalue weighted by molar-refractivity contribution is -0.153. The summed E-state index contributed by atoms with van der Waals surface area (Å²) in [5.74, 6) is -1.07. The van der Waals surface area contributed by atoms with Crippen LogP contribution in [0.1, 0.15) is 36.7 Å². The standard InChI is InChI=1S/C20H22FNO4/c1-13-8-9-17(16(21)10-13)25-15-7-5-6-14(11-15)19(24)22-12-18(23)26-20(2,3)4/h5-11H,12H2,1-4H3,(H,22,24). The first-order chi connectivity index (χ1) is 12.1. The summed E-state index contributed by atoms with van der Waals surface area (Å²) in [6.07, 6.45) is 0. The molecule has 2 aromatic carbocycles. The molecule has 0 saturated heterocycles. The second-order valence-electron chi connectivity index (χ2n) is 6.83. The fraction of sp³-hybridized carbons (Fsp3) is 0.300. The average Bonchev–Trinajstić information content (AvgIpc) is 2.54. The quantitative estimate of drug-likeness (QED) is 0.820. The van der Waals surface area contributed by atoms with Gasteiger partial charge < -0.3 is 14.8 Å². The molecule has 6 heteroatoms. The number of aryl methyl sites for hydroxylation is 1. The van der Waals surface area contributed by atoms with Gasteiger partial charge in [-0.2, -0.15) is 0 Å². The lowest BCUT2D eigenvalue weighted by Gasteiger charge is -2.19. The van der Waals surface area contributed by atoms with Gasteiger partial charge in [-0.3, -0.25) is 9.59 Å². The Morgan fingerprint density at radius 2 is 1.85 bits per heavy atom. The van der Waals surface area contributed by atoms with E-state index in [1.807, 2.05) is 0 Å². The lowest BCUT2D eigenvalue weighted by Crippen LogP contribution is -2.34. The summed E-state index contributed by atoms with van der Waals surface area (Å²) in [6.45, 7) is 6.78. The Morgan fingerprint density at radius 3 is 2.50 bits per heavy atom. The maximum absolute atomic E-state index is 13.9. The molecule has 0 bridgehead atoms. The number of carbonyl (C=O) groups is 2. The van der Waals surface area contributed by atoms with Crippen LogP contribution >= 0.6 is 0 Å². The molecule has 0 aliphatic rings. The number of rotatable bonds is 5. The highest BCUT2D eigenvalue weighted by molar-refractivity contribution is 5.96. The van der Waals surface area contributed by atoms with Gasteiger partial charge in [-0.05, 0) is 63.6 Å². The Balaban J connectivity index is 2.01. The van der Waals surface area contributed by atoms with Crippen LogP contribution in [-0.4, -0.2) is 24.0 Å². The van der Waals surface area contributed by atoms with Gasteiger partial charge in [0.15, 0.2) is 11.6 Å². The van der Waals surface area contributed by atoms with Gasteiger partial charge in [0.25, 0.3) is 5.91 Å². The van der Waals surface area contributed by atoms with E-state index in [1.165, 1.54) is 18.2 Å². The van der Waals surface area contributed by atoms with E-state index in [0.29, 0.717) is 11.3 Å². The number of carbonyl (C=O) groups excluding carboxylic acids is 2. The van der Waals surface area contributed by atoms with Crippen molar-refractivity contribution in [2.45, 2.75) is 33.3 Å². The summed E-state index contributed by atoms with van der Waals surface area (Å²) < 4.78 is 24.5. The first kappa shape index (κ1) is 19.4. The highest BCUT2D eigenvalue weighted by atomic mass is 19.1. The van der Waals surface area contributed by atoms with Crippen LogP contribution < -0.4 is 10.1 Å². The Bertz CT molecular complexity index is 812. The molecule has 0 aromatic heterocycles. The molecule has 0 aliphatic heterocycles. The van der Waals surface area contributed by atoms with Crippen LogP contribution in [0.25, 0.3) is 0 Å². The summed E-state index contributed by atoms with van der Waals surface area (Å²) in [5.41, 5.74) is 0.455. The fourth-order valence-electron chi connectivity index (χ4n) is 2.15. The molecule has 0 unspecified atom stereocenters. The number of nitrogens with one attached hydrogen (secondary N) is 1. The molecule has 1 N–H and O–H groups in total. The van der Waals surface area contributed by atoms with Crippen LogP contribution in [-0.2, 0) is 9.53 Å². The van der Waals surface area contributed by atoms with Gasteiger partial charge in [0, 0.05) is 5.56 Å². The summed E-state index contributed by atoms with van der Waals surface area (Å²) in [6, 6.07) is 10.9. The summed E-state index contributed by atoms with van der Waals surface area (Å²) >= 11 is 0. The van der Waals surface area contributed by atoms with Crippen LogP contribution in [0.4, 0.5) is 4.39 Å². The third-order valence-corrected chi connectivity index (χ3v) is 3.22. The van der Waals surface area contributed by atoms with Crippen molar-refractivity contribution in [2.24, 2.45) is 0 Å². The van der Waals surface area contributed by atoms with E-state index in [1.54, 1.807) is 52.0 Å². The monoisotopic (exact) mass is 359 g/mol. The topological polar surface area (TPSA) is 64.6 Å². The molecule has 2 rings (SSSR count). The maximum Gasteiger partial charge on any atom is 0.325 e. The van der Waals surface area contributed by atoms with Crippen LogP contribution in [0.5, 0.6) is 11.5 Å². The molecule has 2 aromatic rings. The third-order valence-electron chi connectivity index (χ3n) is 3.22. The molecule has 0 saturated carbocycles. The van der Waals surface area contributed by atoms with Crippen molar-refractivity contribution in [3.8, 4) is 11.5 Å². The predicted octanol–water partition coefficient (Wildman–Crippen LogP) is 4.00. The average molecular weight is 359 g/mol. The highest BCUT2D eigenvalue weighted by Crippen LogP contribution is 2.25. The van der Waals surface area contributed by atoms with Gasteiger partial charge in [-0.15, -0.1) is 0 Å². The smallest absolute Gasteiger partial charge is 0.325 e. The first-order valence-electron chi connectivity index (χ1n) is 8.18. The number of ether oxygens (including phenoxy) is 2. The Morgan fingerprint density at radius 1 is 1.12 bits per heavy atom. The van der Waals surface area contributed by atoms with E-state index in [9.17, 15) is 14.0 Å². The minimum Gasteiger partial charge on any atom is -0.459 e. The third kappa shape index (κ3) is 5.88. The van der Waals surface area contributed by atoms with Crippen LogP contribution in [0, 0.1) is 12.7 Å². The van der Waals surface area contributed by atoms with E-state index < -0.39 is 23.3 Å². The van der Waals surface area contributed by atoms with Crippen LogP contribution in [0.2, 0.25) is 0 Å². The molecular weight excluding hydrogens is 337 g/mol. The first-order valence-corrected chi connectivity index (χ1v) is 8.18. The van der Waals surface area contributed by atoms with Gasteiger partial charge in [0.1, 0.15) is 17.9 Å². The molecule has 138 valence electrons. The molecule has 1 amide bonds. The highest BCUT2D eigenvalue weighted by Gasteiger charge is 2.17. The Labute approximate surface area is 152 Å². The van der Waals surface area contributed by atoms with Crippen molar-refractivity contribution in [1.82, 2.24) is 5.32 Å². The summed E-state index contributed by atoms with van der Waals surface area (Å²) in [4.78, 5) is 23.8. The number of benzene rings is 2. The van der Waals surface area contributed by atoms with Crippen molar-refractivity contribution < 1.29 is 23.5 Å². The van der Waals surface area contributed by atoms with Crippen molar-refractivity contribution in [1.29, 1.82) is 0 Å². The Hall–Kier alpha value is -2.89. The van der Waals surface area contributed by atoms with E-state index in [-0.39, 0.29) is 12.3 Å². The maximum atomic E-state index is 13.9. The van der Waals surface area contributed by atoms with Crippen molar-refractivity contribution in [3.63, 3.8) is 0 Å². The second-order valence-corrected chi connectivity index (χ2v) is 6.83. The fourth-order valence-corrected chi connectivity index (χ4v) is 2.15. The molecule has 0 atom stereocenters. The van der Waals surface area contributed by atoms with Crippen molar-refractivity contribution >= 4 is 11.9 Å². The van der Waals surface area contributed by atoms with E-state index in [2.05, 4.69) is 5.32 Å². The summed E-state index contributed by atoms with van der Waals surface area (Å²) in [5, 5.41) is 2.49. The largest absolute Gasteiger partial charge is 0.459 e. The van der Waals surface area contributed by atoms with Crippen molar-refractivity contribution in [3.05, 3.63) is 59.4 Å². The van der Waals surface area contributed by atoms with Gasteiger partial charge in [-0.25, -0.2) is 4.39 Å². The van der Waals surface area contributed by atoms with Crippen LogP contribution in [0.3, 0.4) is 0 Å².